The number of aliphatic hydroxyl groups excluding tert-OH is 1. The number of carbonyl (C=O) groups excluding carboxylic acids is 1. The third kappa shape index (κ3) is 4.43. The molecule has 0 bridgehead atoms. The van der Waals surface area contributed by atoms with Crippen LogP contribution >= 0.6 is 0 Å². The van der Waals surface area contributed by atoms with Crippen molar-refractivity contribution in [2.24, 2.45) is 0 Å². The van der Waals surface area contributed by atoms with Crippen LogP contribution in [0.1, 0.15) is 43.1 Å². The van der Waals surface area contributed by atoms with Gasteiger partial charge in [0, 0.05) is 30.8 Å². The smallest absolute Gasteiger partial charge is 0.256 e. The lowest BCUT2D eigenvalue weighted by Crippen LogP contribution is -2.16. The standard InChI is InChI=1S/C20H25N5O2/c1-20(2,3)15-7-5-14(6-8-15)19(27)24-16-13-18(21-10-4-12-26)25-17(23-16)9-11-22-25/h5-9,11,13,21,26H,4,10,12H2,1-3H3,(H,23,24,27). The molecule has 0 radical (unpaired) electrons. The average Bonchev–Trinajstić information content (AvgIpc) is 3.10. The highest BCUT2D eigenvalue weighted by atomic mass is 16.3. The van der Waals surface area contributed by atoms with Gasteiger partial charge in [0.25, 0.3) is 5.91 Å². The van der Waals surface area contributed by atoms with Crippen LogP contribution < -0.4 is 10.6 Å². The van der Waals surface area contributed by atoms with E-state index in [1.807, 2.05) is 24.3 Å². The van der Waals surface area contributed by atoms with Crippen molar-refractivity contribution in [1.82, 2.24) is 14.6 Å². The maximum Gasteiger partial charge on any atom is 0.256 e. The molecule has 1 aromatic carbocycles. The number of amides is 1. The van der Waals surface area contributed by atoms with Crippen molar-refractivity contribution in [3.63, 3.8) is 0 Å². The second kappa shape index (κ2) is 7.75. The Morgan fingerprint density at radius 3 is 2.59 bits per heavy atom. The summed E-state index contributed by atoms with van der Waals surface area (Å²) in [6.45, 7) is 7.11. The Morgan fingerprint density at radius 1 is 1.19 bits per heavy atom. The van der Waals surface area contributed by atoms with Gasteiger partial charge in [0.15, 0.2) is 5.65 Å². The van der Waals surface area contributed by atoms with Crippen LogP contribution in [0.3, 0.4) is 0 Å². The first-order valence-electron chi connectivity index (χ1n) is 9.00. The van der Waals surface area contributed by atoms with Crippen LogP contribution in [0, 0.1) is 0 Å². The van der Waals surface area contributed by atoms with E-state index in [9.17, 15) is 4.79 Å². The van der Waals surface area contributed by atoms with Gasteiger partial charge in [-0.15, -0.1) is 0 Å². The summed E-state index contributed by atoms with van der Waals surface area (Å²) in [4.78, 5) is 17.0. The lowest BCUT2D eigenvalue weighted by atomic mass is 9.87. The number of hydrogen-bond acceptors (Lipinski definition) is 5. The maximum atomic E-state index is 12.6. The minimum absolute atomic E-state index is 0.0404. The summed E-state index contributed by atoms with van der Waals surface area (Å²) < 4.78 is 1.66. The minimum atomic E-state index is -0.215. The molecule has 142 valence electrons. The SMILES string of the molecule is CC(C)(C)c1ccc(C(=O)Nc2cc(NCCCO)n3nccc3n2)cc1. The Bertz CT molecular complexity index is 926. The molecule has 3 rings (SSSR count). The molecule has 7 nitrogen and oxygen atoms in total. The number of nitrogens with zero attached hydrogens (tertiary/aromatic N) is 3. The van der Waals surface area contributed by atoms with E-state index in [0.717, 1.165) is 0 Å². The monoisotopic (exact) mass is 367 g/mol. The number of fused-ring (bicyclic) bond motifs is 1. The van der Waals surface area contributed by atoms with E-state index in [4.69, 9.17) is 5.11 Å². The number of hydrogen-bond donors (Lipinski definition) is 3. The van der Waals surface area contributed by atoms with E-state index in [-0.39, 0.29) is 17.9 Å². The molecule has 0 saturated carbocycles. The third-order valence-corrected chi connectivity index (χ3v) is 4.26. The summed E-state index contributed by atoms with van der Waals surface area (Å²) in [5.41, 5.74) is 2.42. The number of carbonyl (C=O) groups is 1. The molecule has 3 aromatic rings. The highest BCUT2D eigenvalue weighted by Crippen LogP contribution is 2.22. The van der Waals surface area contributed by atoms with Crippen LogP contribution in [-0.4, -0.2) is 38.8 Å². The van der Waals surface area contributed by atoms with Crippen LogP contribution in [0.25, 0.3) is 5.65 Å². The molecule has 1 amide bonds. The Kier molecular flexibility index (Phi) is 5.41. The third-order valence-electron chi connectivity index (χ3n) is 4.26. The molecule has 0 spiro atoms. The first-order valence-corrected chi connectivity index (χ1v) is 9.00. The first kappa shape index (κ1) is 18.8. The number of anilines is 2. The summed E-state index contributed by atoms with van der Waals surface area (Å²) in [7, 11) is 0. The van der Waals surface area contributed by atoms with Gasteiger partial charge in [-0.05, 0) is 29.5 Å². The van der Waals surface area contributed by atoms with Gasteiger partial charge in [-0.3, -0.25) is 4.79 Å². The Balaban J connectivity index is 1.80. The van der Waals surface area contributed by atoms with Crippen LogP contribution in [0.2, 0.25) is 0 Å². The average molecular weight is 367 g/mol. The summed E-state index contributed by atoms with van der Waals surface area (Å²) in [6.07, 6.45) is 2.27. The van der Waals surface area contributed by atoms with E-state index in [1.54, 1.807) is 22.8 Å². The molecular weight excluding hydrogens is 342 g/mol. The van der Waals surface area contributed by atoms with Crippen molar-refractivity contribution < 1.29 is 9.90 Å². The van der Waals surface area contributed by atoms with Crippen LogP contribution in [0.4, 0.5) is 11.6 Å². The molecule has 0 aliphatic carbocycles. The molecular formula is C20H25N5O2. The fourth-order valence-corrected chi connectivity index (χ4v) is 2.71. The second-order valence-corrected chi connectivity index (χ2v) is 7.41. The Morgan fingerprint density at radius 2 is 1.93 bits per heavy atom. The fraction of sp³-hybridized carbons (Fsp3) is 0.350. The molecule has 7 heteroatoms. The van der Waals surface area contributed by atoms with E-state index < -0.39 is 0 Å². The van der Waals surface area contributed by atoms with E-state index in [0.29, 0.717) is 35.8 Å². The number of aromatic nitrogens is 3. The molecule has 27 heavy (non-hydrogen) atoms. The number of aliphatic hydroxyl groups is 1. The van der Waals surface area contributed by atoms with Crippen LogP contribution in [-0.2, 0) is 5.41 Å². The molecule has 2 aromatic heterocycles. The highest BCUT2D eigenvalue weighted by Gasteiger charge is 2.15. The topological polar surface area (TPSA) is 91.5 Å². The summed E-state index contributed by atoms with van der Waals surface area (Å²) in [5, 5.41) is 19.2. The van der Waals surface area contributed by atoms with Gasteiger partial charge < -0.3 is 15.7 Å². The van der Waals surface area contributed by atoms with Crippen molar-refractivity contribution in [3.05, 3.63) is 53.7 Å². The predicted molar refractivity (Wildman–Crippen MR) is 106 cm³/mol. The molecule has 0 aliphatic heterocycles. The zero-order chi connectivity index (χ0) is 19.4. The van der Waals surface area contributed by atoms with Gasteiger partial charge in [0.1, 0.15) is 11.6 Å². The predicted octanol–water partition coefficient (Wildman–Crippen LogP) is 3.07. The van der Waals surface area contributed by atoms with Crippen molar-refractivity contribution in [3.8, 4) is 0 Å². The van der Waals surface area contributed by atoms with Gasteiger partial charge in [-0.1, -0.05) is 32.9 Å². The summed E-state index contributed by atoms with van der Waals surface area (Å²) >= 11 is 0. The molecule has 0 atom stereocenters. The molecule has 0 saturated heterocycles. The van der Waals surface area contributed by atoms with E-state index in [2.05, 4.69) is 41.5 Å². The van der Waals surface area contributed by atoms with Gasteiger partial charge >= 0.3 is 0 Å². The Hall–Kier alpha value is -2.93. The number of benzene rings is 1. The number of rotatable bonds is 6. The summed E-state index contributed by atoms with van der Waals surface area (Å²) in [5.74, 6) is 0.935. The van der Waals surface area contributed by atoms with Gasteiger partial charge in [-0.2, -0.15) is 9.61 Å². The second-order valence-electron chi connectivity index (χ2n) is 7.41. The largest absolute Gasteiger partial charge is 0.396 e. The first-order chi connectivity index (χ1) is 12.9. The molecule has 0 fully saturated rings. The summed E-state index contributed by atoms with van der Waals surface area (Å²) in [6, 6.07) is 11.1. The minimum Gasteiger partial charge on any atom is -0.396 e. The Labute approximate surface area is 158 Å². The van der Waals surface area contributed by atoms with Crippen molar-refractivity contribution in [1.29, 1.82) is 0 Å². The van der Waals surface area contributed by atoms with Crippen LogP contribution in [0.15, 0.2) is 42.6 Å². The number of nitrogens with one attached hydrogen (secondary N) is 2. The van der Waals surface area contributed by atoms with Gasteiger partial charge in [-0.25, -0.2) is 4.98 Å². The van der Waals surface area contributed by atoms with Crippen molar-refractivity contribution in [2.45, 2.75) is 32.6 Å². The highest BCUT2D eigenvalue weighted by molar-refractivity contribution is 6.04. The van der Waals surface area contributed by atoms with E-state index in [1.165, 1.54) is 5.56 Å². The quantitative estimate of drug-likeness (QED) is 0.583. The normalized spacial score (nSPS) is 11.6. The van der Waals surface area contributed by atoms with Crippen molar-refractivity contribution >= 4 is 23.2 Å². The van der Waals surface area contributed by atoms with Gasteiger partial charge in [0.05, 0.1) is 6.20 Å². The molecule has 2 heterocycles. The lowest BCUT2D eigenvalue weighted by Gasteiger charge is -2.19. The van der Waals surface area contributed by atoms with Crippen LogP contribution in [0.5, 0.6) is 0 Å². The molecule has 0 unspecified atom stereocenters. The maximum absolute atomic E-state index is 12.6. The van der Waals surface area contributed by atoms with Crippen molar-refractivity contribution in [2.75, 3.05) is 23.8 Å². The fourth-order valence-electron chi connectivity index (χ4n) is 2.71. The molecule has 3 N–H and O–H groups in total. The zero-order valence-corrected chi connectivity index (χ0v) is 15.9. The van der Waals surface area contributed by atoms with E-state index >= 15 is 0 Å². The van der Waals surface area contributed by atoms with Gasteiger partial charge in [0.2, 0.25) is 0 Å². The lowest BCUT2D eigenvalue weighted by molar-refractivity contribution is 0.102. The molecule has 0 aliphatic rings. The zero-order valence-electron chi connectivity index (χ0n) is 15.9.